The van der Waals surface area contributed by atoms with Crippen LogP contribution in [0.15, 0.2) is 48.8 Å². The molecule has 0 spiro atoms. The van der Waals surface area contributed by atoms with Crippen molar-refractivity contribution < 1.29 is 5.11 Å². The number of hydrogen-bond donors (Lipinski definition) is 2. The van der Waals surface area contributed by atoms with E-state index in [0.29, 0.717) is 12.1 Å². The summed E-state index contributed by atoms with van der Waals surface area (Å²) in [6.45, 7) is 0. The fourth-order valence-corrected chi connectivity index (χ4v) is 1.99. The molecule has 3 rings (SSSR count). The smallest absolute Gasteiger partial charge is 0.117 e. The van der Waals surface area contributed by atoms with Crippen molar-refractivity contribution in [3.05, 3.63) is 60.2 Å². The molecule has 0 bridgehead atoms. The van der Waals surface area contributed by atoms with Crippen molar-refractivity contribution in [3.63, 3.8) is 0 Å². The summed E-state index contributed by atoms with van der Waals surface area (Å²) in [4.78, 5) is 4.40. The Morgan fingerprint density at radius 1 is 1.11 bits per heavy atom. The Bertz CT molecular complexity index is 686. The third-order valence-electron chi connectivity index (χ3n) is 2.93. The topological polar surface area (TPSA) is 63.5 Å². The van der Waals surface area contributed by atoms with Gasteiger partial charge in [0.05, 0.1) is 11.7 Å². The summed E-state index contributed by atoms with van der Waals surface area (Å²) < 4.78 is 1.99. The number of anilines is 1. The van der Waals surface area contributed by atoms with E-state index < -0.39 is 0 Å². The first kappa shape index (κ1) is 10.7. The van der Waals surface area contributed by atoms with E-state index in [4.69, 9.17) is 5.73 Å². The molecule has 3 N–H and O–H groups in total. The standard InChI is InChI=1S/C14H13N3O/c15-11-3-4-12-8-16-14(17(12)9-11)7-10-1-5-13(18)6-2-10/h1-6,8-9,18H,7,15H2. The van der Waals surface area contributed by atoms with Gasteiger partial charge in [0.15, 0.2) is 0 Å². The summed E-state index contributed by atoms with van der Waals surface area (Å²) in [7, 11) is 0. The fraction of sp³-hybridized carbons (Fsp3) is 0.0714. The van der Waals surface area contributed by atoms with Crippen molar-refractivity contribution in [1.82, 2.24) is 9.38 Å². The second-order valence-electron chi connectivity index (χ2n) is 4.27. The van der Waals surface area contributed by atoms with Gasteiger partial charge in [-0.25, -0.2) is 4.98 Å². The van der Waals surface area contributed by atoms with Gasteiger partial charge in [-0.15, -0.1) is 0 Å². The zero-order valence-electron chi connectivity index (χ0n) is 9.74. The third kappa shape index (κ3) is 1.88. The molecule has 0 aliphatic carbocycles. The van der Waals surface area contributed by atoms with Crippen LogP contribution in [0.3, 0.4) is 0 Å². The first-order valence-corrected chi connectivity index (χ1v) is 5.72. The molecule has 3 aromatic rings. The maximum Gasteiger partial charge on any atom is 0.117 e. The van der Waals surface area contributed by atoms with E-state index in [1.165, 1.54) is 0 Å². The van der Waals surface area contributed by atoms with Crippen LogP contribution in [0, 0.1) is 0 Å². The molecule has 0 atom stereocenters. The fourth-order valence-electron chi connectivity index (χ4n) is 1.99. The first-order valence-electron chi connectivity index (χ1n) is 5.72. The van der Waals surface area contributed by atoms with Crippen LogP contribution in [0.4, 0.5) is 5.69 Å². The Labute approximate surface area is 104 Å². The molecule has 0 saturated heterocycles. The number of hydrogen-bond acceptors (Lipinski definition) is 3. The number of phenolic OH excluding ortho intramolecular Hbond substituents is 1. The second-order valence-corrected chi connectivity index (χ2v) is 4.27. The minimum atomic E-state index is 0.274. The summed E-state index contributed by atoms with van der Waals surface area (Å²) >= 11 is 0. The maximum absolute atomic E-state index is 9.25. The predicted octanol–water partition coefficient (Wildman–Crippen LogP) is 2.21. The molecule has 0 radical (unpaired) electrons. The van der Waals surface area contributed by atoms with Crippen molar-refractivity contribution >= 4 is 11.2 Å². The van der Waals surface area contributed by atoms with Crippen molar-refractivity contribution in [3.8, 4) is 5.75 Å². The van der Waals surface area contributed by atoms with Crippen LogP contribution in [0.25, 0.3) is 5.52 Å². The summed E-state index contributed by atoms with van der Waals surface area (Å²) in [5.41, 5.74) is 8.62. The minimum Gasteiger partial charge on any atom is -0.508 e. The van der Waals surface area contributed by atoms with Gasteiger partial charge in [-0.1, -0.05) is 12.1 Å². The predicted molar refractivity (Wildman–Crippen MR) is 70.5 cm³/mol. The van der Waals surface area contributed by atoms with Gasteiger partial charge in [0.25, 0.3) is 0 Å². The molecule has 0 aliphatic heterocycles. The van der Waals surface area contributed by atoms with Gasteiger partial charge in [-0.2, -0.15) is 0 Å². The highest BCUT2D eigenvalue weighted by Gasteiger charge is 2.05. The average Bonchev–Trinajstić information content (AvgIpc) is 2.75. The number of imidazole rings is 1. The van der Waals surface area contributed by atoms with Gasteiger partial charge >= 0.3 is 0 Å². The highest BCUT2D eigenvalue weighted by Crippen LogP contribution is 2.16. The van der Waals surface area contributed by atoms with Crippen LogP contribution in [-0.4, -0.2) is 14.5 Å². The maximum atomic E-state index is 9.25. The summed E-state index contributed by atoms with van der Waals surface area (Å²) in [6.07, 6.45) is 4.41. The van der Waals surface area contributed by atoms with Gasteiger partial charge in [0.2, 0.25) is 0 Å². The van der Waals surface area contributed by atoms with Crippen LogP contribution in [0.2, 0.25) is 0 Å². The number of benzene rings is 1. The normalized spacial score (nSPS) is 10.9. The van der Waals surface area contributed by atoms with Gasteiger partial charge < -0.3 is 15.2 Å². The van der Waals surface area contributed by atoms with Gasteiger partial charge in [0.1, 0.15) is 11.6 Å². The lowest BCUT2D eigenvalue weighted by atomic mass is 10.1. The molecule has 0 saturated carbocycles. The Morgan fingerprint density at radius 3 is 2.67 bits per heavy atom. The monoisotopic (exact) mass is 239 g/mol. The molecule has 0 unspecified atom stereocenters. The summed E-state index contributed by atoms with van der Waals surface area (Å²) in [6, 6.07) is 11.0. The molecule has 1 aromatic carbocycles. The number of aromatic nitrogens is 2. The van der Waals surface area contributed by atoms with E-state index in [-0.39, 0.29) is 5.75 Å². The average molecular weight is 239 g/mol. The molecule has 0 fully saturated rings. The zero-order valence-corrected chi connectivity index (χ0v) is 9.74. The van der Waals surface area contributed by atoms with Crippen LogP contribution in [0.5, 0.6) is 5.75 Å². The number of rotatable bonds is 2. The number of nitrogens with zero attached hydrogens (tertiary/aromatic N) is 2. The molecule has 18 heavy (non-hydrogen) atoms. The van der Waals surface area contributed by atoms with E-state index in [1.807, 2.05) is 41.1 Å². The molecular formula is C14H13N3O. The van der Waals surface area contributed by atoms with E-state index in [0.717, 1.165) is 16.9 Å². The Balaban J connectivity index is 1.99. The number of nitrogen functional groups attached to an aromatic ring is 1. The lowest BCUT2D eigenvalue weighted by Crippen LogP contribution is -1.97. The lowest BCUT2D eigenvalue weighted by molar-refractivity contribution is 0.475. The van der Waals surface area contributed by atoms with Gasteiger partial charge in [0, 0.05) is 18.3 Å². The number of pyridine rings is 1. The van der Waals surface area contributed by atoms with Crippen LogP contribution in [0.1, 0.15) is 11.4 Å². The molecule has 0 aliphatic rings. The van der Waals surface area contributed by atoms with Gasteiger partial charge in [-0.3, -0.25) is 0 Å². The molecule has 4 heteroatoms. The summed E-state index contributed by atoms with van der Waals surface area (Å²) in [5.74, 6) is 1.21. The highest BCUT2D eigenvalue weighted by molar-refractivity contribution is 5.52. The second kappa shape index (κ2) is 4.07. The van der Waals surface area contributed by atoms with Gasteiger partial charge in [-0.05, 0) is 29.8 Å². The number of nitrogens with two attached hydrogens (primary N) is 1. The SMILES string of the molecule is Nc1ccc2cnc(Cc3ccc(O)cc3)n2c1. The first-order chi connectivity index (χ1) is 8.72. The van der Waals surface area contributed by atoms with E-state index in [2.05, 4.69) is 4.98 Å². The Kier molecular flexibility index (Phi) is 2.41. The quantitative estimate of drug-likeness (QED) is 0.720. The third-order valence-corrected chi connectivity index (χ3v) is 2.93. The molecule has 90 valence electrons. The molecular weight excluding hydrogens is 226 g/mol. The molecule has 4 nitrogen and oxygen atoms in total. The van der Waals surface area contributed by atoms with Crippen LogP contribution in [-0.2, 0) is 6.42 Å². The van der Waals surface area contributed by atoms with Crippen molar-refractivity contribution in [2.45, 2.75) is 6.42 Å². The Hall–Kier alpha value is -2.49. The number of phenols is 1. The summed E-state index contributed by atoms with van der Waals surface area (Å²) in [5, 5.41) is 9.25. The Morgan fingerprint density at radius 2 is 1.89 bits per heavy atom. The van der Waals surface area contributed by atoms with E-state index in [9.17, 15) is 5.11 Å². The van der Waals surface area contributed by atoms with Crippen molar-refractivity contribution in [1.29, 1.82) is 0 Å². The molecule has 0 amide bonds. The van der Waals surface area contributed by atoms with Crippen molar-refractivity contribution in [2.24, 2.45) is 0 Å². The van der Waals surface area contributed by atoms with E-state index in [1.54, 1.807) is 12.1 Å². The highest BCUT2D eigenvalue weighted by atomic mass is 16.3. The largest absolute Gasteiger partial charge is 0.508 e. The zero-order chi connectivity index (χ0) is 12.5. The molecule has 2 heterocycles. The van der Waals surface area contributed by atoms with Crippen molar-refractivity contribution in [2.75, 3.05) is 5.73 Å². The lowest BCUT2D eigenvalue weighted by Gasteiger charge is -2.03. The van der Waals surface area contributed by atoms with Crippen LogP contribution >= 0.6 is 0 Å². The van der Waals surface area contributed by atoms with Crippen LogP contribution < -0.4 is 5.73 Å². The number of fused-ring (bicyclic) bond motifs is 1. The number of aromatic hydroxyl groups is 1. The van der Waals surface area contributed by atoms with E-state index >= 15 is 0 Å². The minimum absolute atomic E-state index is 0.274. The molecule has 2 aromatic heterocycles.